The van der Waals surface area contributed by atoms with Crippen LogP contribution in [-0.4, -0.2) is 72.6 Å². The number of nitriles is 1. The van der Waals surface area contributed by atoms with Gasteiger partial charge in [-0.15, -0.1) is 0 Å². The first-order valence-corrected chi connectivity index (χ1v) is 12.3. The van der Waals surface area contributed by atoms with E-state index in [1.165, 1.54) is 4.90 Å². The number of nitrogens with zero attached hydrogens (tertiary/aromatic N) is 4. The maximum absolute atomic E-state index is 13.1. The van der Waals surface area contributed by atoms with Crippen molar-refractivity contribution in [3.63, 3.8) is 0 Å². The molecule has 1 amide bonds. The van der Waals surface area contributed by atoms with Crippen molar-refractivity contribution < 1.29 is 35.7 Å². The zero-order valence-electron chi connectivity index (χ0n) is 19.8. The standard InChI is InChI=1S/C23H25F3N4O5S/c1-15-4-6-16(7-5-15)17-12-19(22(2,3)14-29-8-10-30(11-9-29)21(31)32)28-20(18(17)13-27)35-36(33,34)23(24,25)26/h4-7,12H,8-11,14H2,1-3H3,(H,31,32). The van der Waals surface area contributed by atoms with Gasteiger partial charge < -0.3 is 14.2 Å². The second-order valence-electron chi connectivity index (χ2n) is 9.13. The predicted octanol–water partition coefficient (Wildman–Crippen LogP) is 3.73. The number of rotatable bonds is 6. The number of amides is 1. The molecule has 1 fully saturated rings. The van der Waals surface area contributed by atoms with E-state index in [1.54, 1.807) is 50.2 Å². The topological polar surface area (TPSA) is 124 Å². The minimum atomic E-state index is -6.08. The Balaban J connectivity index is 2.07. The molecule has 36 heavy (non-hydrogen) atoms. The van der Waals surface area contributed by atoms with Gasteiger partial charge in [-0.1, -0.05) is 43.7 Å². The van der Waals surface area contributed by atoms with Crippen LogP contribution in [0.4, 0.5) is 18.0 Å². The summed E-state index contributed by atoms with van der Waals surface area (Å²) in [5, 5.41) is 18.9. The van der Waals surface area contributed by atoms with Gasteiger partial charge >= 0.3 is 21.7 Å². The lowest BCUT2D eigenvalue weighted by molar-refractivity contribution is -0.0501. The number of alkyl halides is 3. The van der Waals surface area contributed by atoms with E-state index in [2.05, 4.69) is 9.17 Å². The van der Waals surface area contributed by atoms with Crippen molar-refractivity contribution in [1.82, 2.24) is 14.8 Å². The van der Waals surface area contributed by atoms with Crippen LogP contribution < -0.4 is 4.18 Å². The quantitative estimate of drug-likeness (QED) is 0.446. The van der Waals surface area contributed by atoms with Gasteiger partial charge in [0.25, 0.3) is 5.88 Å². The smallest absolute Gasteiger partial charge is 0.465 e. The Hall–Kier alpha value is -3.37. The zero-order valence-corrected chi connectivity index (χ0v) is 20.6. The first-order chi connectivity index (χ1) is 16.6. The third kappa shape index (κ3) is 5.88. The van der Waals surface area contributed by atoms with Gasteiger partial charge in [0.1, 0.15) is 11.6 Å². The molecule has 1 aliphatic rings. The van der Waals surface area contributed by atoms with Crippen LogP contribution in [0.1, 0.15) is 30.7 Å². The van der Waals surface area contributed by atoms with Crippen LogP contribution in [0.25, 0.3) is 11.1 Å². The summed E-state index contributed by atoms with van der Waals surface area (Å²) in [5.74, 6) is -0.952. The van der Waals surface area contributed by atoms with E-state index in [-0.39, 0.29) is 11.3 Å². The van der Waals surface area contributed by atoms with Crippen LogP contribution in [0.5, 0.6) is 5.88 Å². The molecule has 0 saturated carbocycles. The van der Waals surface area contributed by atoms with E-state index in [1.807, 2.05) is 11.8 Å². The van der Waals surface area contributed by atoms with E-state index in [0.717, 1.165) is 5.56 Å². The lowest BCUT2D eigenvalue weighted by Crippen LogP contribution is -2.51. The lowest BCUT2D eigenvalue weighted by atomic mass is 9.85. The van der Waals surface area contributed by atoms with Crippen molar-refractivity contribution in [2.24, 2.45) is 0 Å². The van der Waals surface area contributed by atoms with Crippen molar-refractivity contribution in [1.29, 1.82) is 5.26 Å². The Morgan fingerprint density at radius 1 is 1.17 bits per heavy atom. The van der Waals surface area contributed by atoms with Crippen LogP contribution in [-0.2, 0) is 15.5 Å². The summed E-state index contributed by atoms with van der Waals surface area (Å²) < 4.78 is 67.2. The minimum absolute atomic E-state index is 0.179. The number of hydrogen-bond donors (Lipinski definition) is 1. The third-order valence-corrected chi connectivity index (χ3v) is 6.83. The first kappa shape index (κ1) is 27.2. The molecule has 1 aromatic heterocycles. The number of hydrogen-bond acceptors (Lipinski definition) is 7. The first-order valence-electron chi connectivity index (χ1n) is 10.9. The predicted molar refractivity (Wildman–Crippen MR) is 124 cm³/mol. The Morgan fingerprint density at radius 3 is 2.25 bits per heavy atom. The van der Waals surface area contributed by atoms with Gasteiger partial charge in [0.15, 0.2) is 0 Å². The fraction of sp³-hybridized carbons (Fsp3) is 0.435. The van der Waals surface area contributed by atoms with Gasteiger partial charge in [-0.2, -0.15) is 26.9 Å². The molecule has 2 aromatic rings. The van der Waals surface area contributed by atoms with Crippen molar-refractivity contribution in [3.05, 3.63) is 47.2 Å². The number of benzene rings is 1. The second-order valence-corrected chi connectivity index (χ2v) is 10.7. The Kier molecular flexibility index (Phi) is 7.52. The fourth-order valence-electron chi connectivity index (χ4n) is 3.89. The number of aromatic nitrogens is 1. The maximum Gasteiger partial charge on any atom is 0.534 e. The molecule has 1 saturated heterocycles. The van der Waals surface area contributed by atoms with E-state index >= 15 is 0 Å². The van der Waals surface area contributed by atoms with Crippen LogP contribution >= 0.6 is 0 Å². The minimum Gasteiger partial charge on any atom is -0.465 e. The summed E-state index contributed by atoms with van der Waals surface area (Å²) in [5.41, 5.74) is -5.21. The second kappa shape index (κ2) is 9.94. The molecule has 0 atom stereocenters. The average Bonchev–Trinajstić information content (AvgIpc) is 2.78. The average molecular weight is 527 g/mol. The summed E-state index contributed by atoms with van der Waals surface area (Å²) >= 11 is 0. The zero-order chi connectivity index (χ0) is 26.9. The fourth-order valence-corrected chi connectivity index (χ4v) is 4.31. The lowest BCUT2D eigenvalue weighted by Gasteiger charge is -2.38. The van der Waals surface area contributed by atoms with Crippen LogP contribution in [0.3, 0.4) is 0 Å². The van der Waals surface area contributed by atoms with Crippen LogP contribution in [0.2, 0.25) is 0 Å². The molecule has 0 bridgehead atoms. The van der Waals surface area contributed by atoms with Crippen molar-refractivity contribution in [2.45, 2.75) is 31.7 Å². The number of carbonyl (C=O) groups is 1. The number of pyridine rings is 1. The summed E-state index contributed by atoms with van der Waals surface area (Å²) in [4.78, 5) is 18.5. The van der Waals surface area contributed by atoms with Gasteiger partial charge in [-0.3, -0.25) is 4.90 Å². The normalized spacial score (nSPS) is 15.4. The van der Waals surface area contributed by atoms with E-state index in [9.17, 15) is 31.6 Å². The Bertz CT molecular complexity index is 1280. The molecule has 1 N–H and O–H groups in total. The molecular formula is C23H25F3N4O5S. The molecular weight excluding hydrogens is 501 g/mol. The van der Waals surface area contributed by atoms with Crippen molar-refractivity contribution in [2.75, 3.05) is 32.7 Å². The van der Waals surface area contributed by atoms with E-state index < -0.39 is 38.6 Å². The summed E-state index contributed by atoms with van der Waals surface area (Å²) in [6.45, 7) is 7.17. The summed E-state index contributed by atoms with van der Waals surface area (Å²) in [6, 6.07) is 10.1. The molecule has 194 valence electrons. The molecule has 2 heterocycles. The number of halogens is 3. The largest absolute Gasteiger partial charge is 0.534 e. The highest BCUT2D eigenvalue weighted by Crippen LogP contribution is 2.37. The van der Waals surface area contributed by atoms with Gasteiger partial charge in [-0.25, -0.2) is 9.78 Å². The highest BCUT2D eigenvalue weighted by Gasteiger charge is 2.49. The highest BCUT2D eigenvalue weighted by molar-refractivity contribution is 7.88. The third-order valence-electron chi connectivity index (χ3n) is 5.89. The van der Waals surface area contributed by atoms with Gasteiger partial charge in [-0.05, 0) is 18.6 Å². The maximum atomic E-state index is 13.1. The van der Waals surface area contributed by atoms with E-state index in [0.29, 0.717) is 38.3 Å². The molecule has 0 unspecified atom stereocenters. The molecule has 0 radical (unpaired) electrons. The summed E-state index contributed by atoms with van der Waals surface area (Å²) in [6.07, 6.45) is -1.02. The molecule has 3 rings (SSSR count). The van der Waals surface area contributed by atoms with Crippen molar-refractivity contribution in [3.8, 4) is 23.1 Å². The van der Waals surface area contributed by atoms with Crippen molar-refractivity contribution >= 4 is 16.2 Å². The van der Waals surface area contributed by atoms with Gasteiger partial charge in [0.05, 0.1) is 5.69 Å². The Labute approximate surface area is 206 Å². The highest BCUT2D eigenvalue weighted by atomic mass is 32.2. The van der Waals surface area contributed by atoms with Crippen LogP contribution in [0, 0.1) is 18.3 Å². The van der Waals surface area contributed by atoms with E-state index in [4.69, 9.17) is 5.11 Å². The number of carboxylic acid groups (broad SMARTS) is 1. The Morgan fingerprint density at radius 2 is 1.75 bits per heavy atom. The molecule has 1 aliphatic heterocycles. The van der Waals surface area contributed by atoms with Gasteiger partial charge in [0, 0.05) is 43.7 Å². The summed E-state index contributed by atoms with van der Waals surface area (Å²) in [7, 11) is -6.08. The monoisotopic (exact) mass is 526 g/mol. The molecule has 13 heteroatoms. The molecule has 0 aliphatic carbocycles. The van der Waals surface area contributed by atoms with Crippen LogP contribution in [0.15, 0.2) is 30.3 Å². The number of aryl methyl sites for hydroxylation is 1. The van der Waals surface area contributed by atoms with Gasteiger partial charge in [0.2, 0.25) is 0 Å². The SMILES string of the molecule is Cc1ccc(-c2cc(C(C)(C)CN3CCN(C(=O)O)CC3)nc(OS(=O)(=O)C(F)(F)F)c2C#N)cc1. The molecule has 1 aromatic carbocycles. The molecule has 0 spiro atoms. The number of piperazine rings is 1. The molecule has 9 nitrogen and oxygen atoms in total.